The molecule has 1 aromatic carbocycles. The van der Waals surface area contributed by atoms with Crippen LogP contribution in [0.25, 0.3) is 11.0 Å². The highest BCUT2D eigenvalue weighted by molar-refractivity contribution is 5.77. The van der Waals surface area contributed by atoms with Crippen molar-refractivity contribution < 1.29 is 5.11 Å². The van der Waals surface area contributed by atoms with Crippen molar-refractivity contribution in [3.8, 4) is 0 Å². The predicted octanol–water partition coefficient (Wildman–Crippen LogP) is 2.14. The van der Waals surface area contributed by atoms with Gasteiger partial charge in [0.2, 0.25) is 0 Å². The van der Waals surface area contributed by atoms with Crippen molar-refractivity contribution >= 4 is 11.0 Å². The van der Waals surface area contributed by atoms with Gasteiger partial charge in [0.05, 0.1) is 11.0 Å². The molecule has 0 aliphatic heterocycles. The van der Waals surface area contributed by atoms with Gasteiger partial charge in [-0.3, -0.25) is 0 Å². The molecule has 0 radical (unpaired) electrons. The third-order valence-corrected chi connectivity index (χ3v) is 3.12. The number of aryl methyl sites for hydroxylation is 2. The highest BCUT2D eigenvalue weighted by Gasteiger charge is 2.17. The van der Waals surface area contributed by atoms with Gasteiger partial charge >= 0.3 is 0 Å². The Kier molecular flexibility index (Phi) is 3.99. The van der Waals surface area contributed by atoms with Crippen molar-refractivity contribution in [3.63, 3.8) is 0 Å². The van der Waals surface area contributed by atoms with Gasteiger partial charge in [-0.15, -0.1) is 0 Å². The molecule has 0 amide bonds. The molecule has 0 saturated carbocycles. The van der Waals surface area contributed by atoms with Crippen molar-refractivity contribution in [1.82, 2.24) is 9.55 Å². The first-order valence-electron chi connectivity index (χ1n) is 6.52. The summed E-state index contributed by atoms with van der Waals surface area (Å²) in [6.07, 6.45) is 0.988. The van der Waals surface area contributed by atoms with Crippen molar-refractivity contribution in [2.24, 2.45) is 5.73 Å². The summed E-state index contributed by atoms with van der Waals surface area (Å²) in [5.41, 5.74) is 8.74. The van der Waals surface area contributed by atoms with Gasteiger partial charge in [0.15, 0.2) is 0 Å². The standard InChI is InChI=1S/C14H21N3O/c1-3-8-17-12-5-4-10(2)9-11(12)16-14(17)13(18)6-7-15/h4-5,9,13,18H,3,6-8,15H2,1-2H3. The average Bonchev–Trinajstić information content (AvgIpc) is 2.68. The quantitative estimate of drug-likeness (QED) is 0.850. The van der Waals surface area contributed by atoms with Gasteiger partial charge < -0.3 is 15.4 Å². The summed E-state index contributed by atoms with van der Waals surface area (Å²) in [4.78, 5) is 4.57. The summed E-state index contributed by atoms with van der Waals surface area (Å²) in [5, 5.41) is 10.1. The number of aliphatic hydroxyl groups is 1. The monoisotopic (exact) mass is 247 g/mol. The van der Waals surface area contributed by atoms with Gasteiger partial charge in [0.1, 0.15) is 11.9 Å². The van der Waals surface area contributed by atoms with Crippen LogP contribution < -0.4 is 5.73 Å². The first-order chi connectivity index (χ1) is 8.67. The zero-order chi connectivity index (χ0) is 13.1. The summed E-state index contributed by atoms with van der Waals surface area (Å²) >= 11 is 0. The van der Waals surface area contributed by atoms with Gasteiger partial charge in [-0.25, -0.2) is 4.98 Å². The Bertz CT molecular complexity index is 533. The molecule has 3 N–H and O–H groups in total. The smallest absolute Gasteiger partial charge is 0.138 e. The van der Waals surface area contributed by atoms with Crippen LogP contribution in [0.5, 0.6) is 0 Å². The molecular formula is C14H21N3O. The molecule has 1 heterocycles. The summed E-state index contributed by atoms with van der Waals surface area (Å²) in [7, 11) is 0. The number of rotatable bonds is 5. The first-order valence-corrected chi connectivity index (χ1v) is 6.52. The van der Waals surface area contributed by atoms with E-state index in [0.29, 0.717) is 13.0 Å². The van der Waals surface area contributed by atoms with Crippen molar-refractivity contribution in [3.05, 3.63) is 29.6 Å². The Morgan fingerprint density at radius 3 is 2.89 bits per heavy atom. The highest BCUT2D eigenvalue weighted by Crippen LogP contribution is 2.23. The summed E-state index contributed by atoms with van der Waals surface area (Å²) in [5.74, 6) is 0.739. The van der Waals surface area contributed by atoms with Crippen LogP contribution in [0.3, 0.4) is 0 Å². The lowest BCUT2D eigenvalue weighted by atomic mass is 10.2. The normalized spacial score (nSPS) is 13.1. The van der Waals surface area contributed by atoms with E-state index < -0.39 is 6.10 Å². The van der Waals surface area contributed by atoms with Gasteiger partial charge in [0.25, 0.3) is 0 Å². The molecule has 1 aromatic heterocycles. The molecule has 0 saturated heterocycles. The van der Waals surface area contributed by atoms with E-state index in [2.05, 4.69) is 34.7 Å². The van der Waals surface area contributed by atoms with Crippen LogP contribution in [-0.4, -0.2) is 21.2 Å². The lowest BCUT2D eigenvalue weighted by Crippen LogP contribution is -2.12. The summed E-state index contributed by atoms with van der Waals surface area (Å²) < 4.78 is 2.11. The molecule has 18 heavy (non-hydrogen) atoms. The minimum absolute atomic E-state index is 0.468. The topological polar surface area (TPSA) is 64.1 Å². The van der Waals surface area contributed by atoms with Crippen LogP contribution in [0.1, 0.15) is 37.3 Å². The fourth-order valence-electron chi connectivity index (χ4n) is 2.26. The molecule has 98 valence electrons. The number of benzene rings is 1. The minimum Gasteiger partial charge on any atom is -0.385 e. The van der Waals surface area contributed by atoms with Crippen LogP contribution >= 0.6 is 0 Å². The first kappa shape index (κ1) is 13.1. The second kappa shape index (κ2) is 5.50. The number of imidazole rings is 1. The zero-order valence-electron chi connectivity index (χ0n) is 11.1. The Labute approximate surface area is 107 Å². The van der Waals surface area contributed by atoms with Gasteiger partial charge in [0, 0.05) is 6.54 Å². The molecule has 0 aliphatic carbocycles. The van der Waals surface area contributed by atoms with E-state index in [1.807, 2.05) is 6.92 Å². The van der Waals surface area contributed by atoms with Crippen LogP contribution in [-0.2, 0) is 6.54 Å². The van der Waals surface area contributed by atoms with E-state index in [4.69, 9.17) is 5.73 Å². The molecule has 4 nitrogen and oxygen atoms in total. The fraction of sp³-hybridized carbons (Fsp3) is 0.500. The molecule has 0 bridgehead atoms. The molecule has 0 fully saturated rings. The van der Waals surface area contributed by atoms with Gasteiger partial charge in [-0.05, 0) is 44.0 Å². The predicted molar refractivity (Wildman–Crippen MR) is 73.4 cm³/mol. The molecular weight excluding hydrogens is 226 g/mol. The minimum atomic E-state index is -0.575. The average molecular weight is 247 g/mol. The van der Waals surface area contributed by atoms with Crippen LogP contribution in [0.15, 0.2) is 18.2 Å². The van der Waals surface area contributed by atoms with Crippen LogP contribution in [0, 0.1) is 6.92 Å². The lowest BCUT2D eigenvalue weighted by Gasteiger charge is -2.12. The van der Waals surface area contributed by atoms with Crippen molar-refractivity contribution in [1.29, 1.82) is 0 Å². The number of hydrogen-bond acceptors (Lipinski definition) is 3. The third kappa shape index (κ3) is 2.40. The Morgan fingerprint density at radius 2 is 2.22 bits per heavy atom. The Hall–Kier alpha value is -1.39. The molecule has 4 heteroatoms. The lowest BCUT2D eigenvalue weighted by molar-refractivity contribution is 0.156. The fourth-order valence-corrected chi connectivity index (χ4v) is 2.26. The van der Waals surface area contributed by atoms with Crippen molar-refractivity contribution in [2.45, 2.75) is 39.3 Å². The molecule has 1 unspecified atom stereocenters. The molecule has 1 atom stereocenters. The largest absolute Gasteiger partial charge is 0.385 e. The highest BCUT2D eigenvalue weighted by atomic mass is 16.3. The summed E-state index contributed by atoms with van der Waals surface area (Å²) in [6, 6.07) is 6.21. The molecule has 2 rings (SSSR count). The molecule has 2 aromatic rings. The van der Waals surface area contributed by atoms with E-state index in [1.165, 1.54) is 5.56 Å². The maximum Gasteiger partial charge on any atom is 0.138 e. The number of aliphatic hydroxyl groups excluding tert-OH is 1. The van der Waals surface area contributed by atoms with E-state index in [9.17, 15) is 5.11 Å². The maximum absolute atomic E-state index is 10.1. The summed E-state index contributed by atoms with van der Waals surface area (Å²) in [6.45, 7) is 5.51. The zero-order valence-corrected chi connectivity index (χ0v) is 11.1. The van der Waals surface area contributed by atoms with Crippen LogP contribution in [0.4, 0.5) is 0 Å². The second-order valence-electron chi connectivity index (χ2n) is 4.71. The number of hydrogen-bond donors (Lipinski definition) is 2. The van der Waals surface area contributed by atoms with Gasteiger partial charge in [-0.2, -0.15) is 0 Å². The number of nitrogens with zero attached hydrogens (tertiary/aromatic N) is 2. The van der Waals surface area contributed by atoms with E-state index in [0.717, 1.165) is 29.8 Å². The van der Waals surface area contributed by atoms with E-state index >= 15 is 0 Å². The third-order valence-electron chi connectivity index (χ3n) is 3.12. The Morgan fingerprint density at radius 1 is 1.44 bits per heavy atom. The second-order valence-corrected chi connectivity index (χ2v) is 4.71. The number of aromatic nitrogens is 2. The number of nitrogens with two attached hydrogens (primary N) is 1. The maximum atomic E-state index is 10.1. The van der Waals surface area contributed by atoms with Crippen LogP contribution in [0.2, 0.25) is 0 Å². The SMILES string of the molecule is CCCn1c(C(O)CCN)nc2cc(C)ccc21. The molecule has 0 spiro atoms. The number of fused-ring (bicyclic) bond motifs is 1. The van der Waals surface area contributed by atoms with E-state index in [-0.39, 0.29) is 0 Å². The molecule has 0 aliphatic rings. The van der Waals surface area contributed by atoms with Gasteiger partial charge in [-0.1, -0.05) is 13.0 Å². The Balaban J connectivity index is 2.53. The van der Waals surface area contributed by atoms with E-state index in [1.54, 1.807) is 0 Å². The van der Waals surface area contributed by atoms with Crippen molar-refractivity contribution in [2.75, 3.05) is 6.54 Å².